The lowest BCUT2D eigenvalue weighted by molar-refractivity contribution is 0.0763. The molecule has 4 heteroatoms. The summed E-state index contributed by atoms with van der Waals surface area (Å²) in [6.45, 7) is 12.7. The van der Waals surface area contributed by atoms with Gasteiger partial charge in [0.1, 0.15) is 6.73 Å². The van der Waals surface area contributed by atoms with Gasteiger partial charge in [-0.3, -0.25) is 0 Å². The number of hydrogen-bond donors (Lipinski definition) is 0. The smallest absolute Gasteiger partial charge is 0.139 e. The van der Waals surface area contributed by atoms with Crippen molar-refractivity contribution in [3.05, 3.63) is 24.0 Å². The molecule has 0 aliphatic heterocycles. The number of aromatic nitrogens is 2. The van der Waals surface area contributed by atoms with Crippen molar-refractivity contribution < 1.29 is 4.74 Å². The summed E-state index contributed by atoms with van der Waals surface area (Å²) in [4.78, 5) is 0. The molecule has 0 spiro atoms. The average molecular weight is 264 g/mol. The molecule has 1 aromatic rings. The monoisotopic (exact) mass is 264 g/mol. The number of fused-ring (bicyclic) bond motifs is 1. The van der Waals surface area contributed by atoms with E-state index in [1.807, 2.05) is 10.9 Å². The fourth-order valence-corrected chi connectivity index (χ4v) is 2.97. The molecule has 2 rings (SSSR count). The third-order valence-corrected chi connectivity index (χ3v) is 5.14. The van der Waals surface area contributed by atoms with E-state index in [2.05, 4.69) is 31.3 Å². The van der Waals surface area contributed by atoms with E-state index in [0.717, 1.165) is 19.4 Å². The largest absolute Gasteiger partial charge is 0.360 e. The van der Waals surface area contributed by atoms with Crippen LogP contribution in [0.4, 0.5) is 0 Å². The van der Waals surface area contributed by atoms with Gasteiger partial charge in [0, 0.05) is 25.9 Å². The summed E-state index contributed by atoms with van der Waals surface area (Å²) in [5, 5.41) is 4.42. The Bertz CT molecular complexity index is 431. The molecule has 0 atom stereocenters. The number of ether oxygens (including phenoxy) is 1. The first-order chi connectivity index (χ1) is 8.47. The summed E-state index contributed by atoms with van der Waals surface area (Å²) in [6, 6.07) is 1.21. The fourth-order valence-electron chi connectivity index (χ4n) is 2.21. The van der Waals surface area contributed by atoms with Crippen LogP contribution in [-0.2, 0) is 17.9 Å². The second-order valence-corrected chi connectivity index (χ2v) is 11.9. The molecule has 0 bridgehead atoms. The zero-order valence-electron chi connectivity index (χ0n) is 11.8. The third kappa shape index (κ3) is 3.33. The predicted molar refractivity (Wildman–Crippen MR) is 78.3 cm³/mol. The van der Waals surface area contributed by atoms with Crippen molar-refractivity contribution >= 4 is 13.6 Å². The Balaban J connectivity index is 1.89. The van der Waals surface area contributed by atoms with Crippen LogP contribution >= 0.6 is 0 Å². The molecular formula is C14H24N2OSi. The van der Waals surface area contributed by atoms with Crippen LogP contribution in [-0.4, -0.2) is 24.5 Å². The molecular weight excluding hydrogens is 240 g/mol. The van der Waals surface area contributed by atoms with Gasteiger partial charge in [-0.25, -0.2) is 4.68 Å². The number of rotatable bonds is 5. The molecule has 1 aliphatic carbocycles. The molecule has 0 amide bonds. The first-order valence-corrected chi connectivity index (χ1v) is 10.5. The quantitative estimate of drug-likeness (QED) is 0.601. The number of nitrogens with zero attached hydrogens (tertiary/aromatic N) is 2. The molecule has 1 aromatic heterocycles. The van der Waals surface area contributed by atoms with Gasteiger partial charge in [-0.15, -0.1) is 0 Å². The molecule has 0 saturated heterocycles. The Kier molecular flexibility index (Phi) is 4.07. The molecule has 0 aromatic carbocycles. The maximum Gasteiger partial charge on any atom is 0.139 e. The van der Waals surface area contributed by atoms with Gasteiger partial charge in [0.05, 0.1) is 6.20 Å². The second kappa shape index (κ2) is 5.41. The number of allylic oxidation sites excluding steroid dienone is 1. The van der Waals surface area contributed by atoms with Crippen molar-refractivity contribution in [1.82, 2.24) is 9.78 Å². The fraction of sp³-hybridized carbons (Fsp3) is 0.643. The van der Waals surface area contributed by atoms with Gasteiger partial charge in [-0.1, -0.05) is 26.2 Å². The first-order valence-electron chi connectivity index (χ1n) is 6.78. The van der Waals surface area contributed by atoms with Crippen molar-refractivity contribution in [2.24, 2.45) is 0 Å². The highest BCUT2D eigenvalue weighted by atomic mass is 28.3. The van der Waals surface area contributed by atoms with E-state index in [0.29, 0.717) is 6.73 Å². The van der Waals surface area contributed by atoms with Crippen molar-refractivity contribution in [2.45, 2.75) is 51.7 Å². The lowest BCUT2D eigenvalue weighted by Crippen LogP contribution is -2.22. The molecule has 0 fully saturated rings. The maximum absolute atomic E-state index is 5.76. The van der Waals surface area contributed by atoms with Crippen LogP contribution in [0.25, 0.3) is 5.57 Å². The van der Waals surface area contributed by atoms with Crippen LogP contribution in [0, 0.1) is 0 Å². The maximum atomic E-state index is 5.76. The Hall–Kier alpha value is -0.873. The van der Waals surface area contributed by atoms with E-state index in [9.17, 15) is 0 Å². The Morgan fingerprint density at radius 3 is 2.89 bits per heavy atom. The SMILES string of the molecule is C=C1CCCc2c1cnn2COCC[Si](C)(C)C. The lowest BCUT2D eigenvalue weighted by Gasteiger charge is -2.17. The molecule has 1 heterocycles. The summed E-state index contributed by atoms with van der Waals surface area (Å²) in [7, 11) is -0.988. The Morgan fingerprint density at radius 1 is 1.39 bits per heavy atom. The van der Waals surface area contributed by atoms with Gasteiger partial charge in [0.15, 0.2) is 0 Å². The average Bonchev–Trinajstić information content (AvgIpc) is 2.68. The highest BCUT2D eigenvalue weighted by Crippen LogP contribution is 2.28. The lowest BCUT2D eigenvalue weighted by atomic mass is 9.94. The van der Waals surface area contributed by atoms with E-state index in [4.69, 9.17) is 4.74 Å². The molecule has 0 N–H and O–H groups in total. The van der Waals surface area contributed by atoms with Gasteiger partial charge in [-0.2, -0.15) is 5.10 Å². The number of hydrogen-bond acceptors (Lipinski definition) is 2. The summed E-state index contributed by atoms with van der Waals surface area (Å²) >= 11 is 0. The van der Waals surface area contributed by atoms with Crippen molar-refractivity contribution in [1.29, 1.82) is 0 Å². The standard InChI is InChI=1S/C14H24N2OSi/c1-12-6-5-7-14-13(12)10-15-16(14)11-17-8-9-18(2,3)4/h10H,1,5-9,11H2,2-4H3. The molecule has 0 unspecified atom stereocenters. The molecule has 0 radical (unpaired) electrons. The molecule has 3 nitrogen and oxygen atoms in total. The second-order valence-electron chi connectivity index (χ2n) is 6.31. The van der Waals surface area contributed by atoms with Gasteiger partial charge in [-0.05, 0) is 30.9 Å². The molecule has 1 aliphatic rings. The normalized spacial score (nSPS) is 15.8. The van der Waals surface area contributed by atoms with E-state index in [1.165, 1.54) is 29.3 Å². The zero-order chi connectivity index (χ0) is 13.2. The van der Waals surface area contributed by atoms with E-state index >= 15 is 0 Å². The van der Waals surface area contributed by atoms with Crippen LogP contribution in [0.5, 0.6) is 0 Å². The topological polar surface area (TPSA) is 27.1 Å². The summed E-state index contributed by atoms with van der Waals surface area (Å²) in [6.07, 6.45) is 5.34. The molecule has 0 saturated carbocycles. The minimum atomic E-state index is -0.988. The first kappa shape index (κ1) is 13.6. The highest BCUT2D eigenvalue weighted by molar-refractivity contribution is 6.76. The van der Waals surface area contributed by atoms with Crippen LogP contribution in [0.1, 0.15) is 24.1 Å². The van der Waals surface area contributed by atoms with Crippen molar-refractivity contribution in [3.8, 4) is 0 Å². The van der Waals surface area contributed by atoms with Crippen LogP contribution < -0.4 is 0 Å². The van der Waals surface area contributed by atoms with Crippen LogP contribution in [0.3, 0.4) is 0 Å². The summed E-state index contributed by atoms with van der Waals surface area (Å²) < 4.78 is 7.76. The van der Waals surface area contributed by atoms with Gasteiger partial charge in [0.25, 0.3) is 0 Å². The van der Waals surface area contributed by atoms with Crippen LogP contribution in [0.15, 0.2) is 12.8 Å². The van der Waals surface area contributed by atoms with Gasteiger partial charge in [0.2, 0.25) is 0 Å². The highest BCUT2D eigenvalue weighted by Gasteiger charge is 2.18. The summed E-state index contributed by atoms with van der Waals surface area (Å²) in [5.74, 6) is 0. The minimum Gasteiger partial charge on any atom is -0.360 e. The van der Waals surface area contributed by atoms with E-state index in [1.54, 1.807) is 0 Å². The Morgan fingerprint density at radius 2 is 2.17 bits per heavy atom. The zero-order valence-corrected chi connectivity index (χ0v) is 12.8. The molecule has 18 heavy (non-hydrogen) atoms. The summed E-state index contributed by atoms with van der Waals surface area (Å²) in [5.41, 5.74) is 3.78. The van der Waals surface area contributed by atoms with Gasteiger partial charge < -0.3 is 4.74 Å². The van der Waals surface area contributed by atoms with Gasteiger partial charge >= 0.3 is 0 Å². The van der Waals surface area contributed by atoms with Crippen molar-refractivity contribution in [3.63, 3.8) is 0 Å². The minimum absolute atomic E-state index is 0.590. The van der Waals surface area contributed by atoms with Crippen LogP contribution in [0.2, 0.25) is 25.7 Å². The van der Waals surface area contributed by atoms with Crippen molar-refractivity contribution in [2.75, 3.05) is 6.61 Å². The molecule has 100 valence electrons. The van der Waals surface area contributed by atoms with E-state index < -0.39 is 8.07 Å². The predicted octanol–water partition coefficient (Wildman–Crippen LogP) is 3.54. The third-order valence-electron chi connectivity index (χ3n) is 3.43. The van der Waals surface area contributed by atoms with E-state index in [-0.39, 0.29) is 0 Å². The Labute approximate surface area is 111 Å².